The molecule has 0 fully saturated rings. The van der Waals surface area contributed by atoms with E-state index in [0.29, 0.717) is 6.61 Å². The van der Waals surface area contributed by atoms with E-state index in [1.165, 1.54) is 0 Å². The molecule has 0 heterocycles. The van der Waals surface area contributed by atoms with Crippen molar-refractivity contribution in [2.24, 2.45) is 11.5 Å². The topological polar surface area (TPSA) is 79.7 Å². The normalized spacial score (nSPS) is 14.2. The van der Waals surface area contributed by atoms with E-state index in [1.807, 2.05) is 13.8 Å². The summed E-state index contributed by atoms with van der Waals surface area (Å²) in [6.07, 6.45) is 4.19. The summed E-state index contributed by atoms with van der Waals surface area (Å²) in [6, 6.07) is 0.421. The van der Waals surface area contributed by atoms with Gasteiger partial charge in [-0.3, -0.25) is 0 Å². The predicted molar refractivity (Wildman–Crippen MR) is 97.8 cm³/mol. The monoisotopic (exact) mass is 336 g/mol. The first-order valence-corrected chi connectivity index (χ1v) is 11.8. The number of hydrogen-bond donors (Lipinski definition) is 2. The zero-order chi connectivity index (χ0) is 17.4. The first kappa shape index (κ1) is 24.3. The lowest BCUT2D eigenvalue weighted by Gasteiger charge is -2.10. The maximum Gasteiger partial charge on any atom is 0.183 e. The molecule has 0 radical (unpaired) electrons. The molecular weight excluding hydrogens is 296 g/mol. The summed E-state index contributed by atoms with van der Waals surface area (Å²) in [7, 11) is 0.639. The molecule has 0 aromatic rings. The minimum Gasteiger partial charge on any atom is -0.421 e. The standard InChI is InChI=1S/C12H28N2O2.C4H12OSi/c1-11(13)6-5-9-15-7-3-4-8-16-10-12(2)14;1-5-6(2,3)4/h11-12H,3-10,13-14H2,1-2H3;1-4H3. The van der Waals surface area contributed by atoms with Crippen LogP contribution < -0.4 is 11.5 Å². The van der Waals surface area contributed by atoms with Gasteiger partial charge in [0.2, 0.25) is 0 Å². The minimum atomic E-state index is -1.13. The summed E-state index contributed by atoms with van der Waals surface area (Å²) in [5.74, 6) is 0. The van der Waals surface area contributed by atoms with Gasteiger partial charge in [0, 0.05) is 39.0 Å². The first-order valence-electron chi connectivity index (χ1n) is 8.40. The molecule has 5 nitrogen and oxygen atoms in total. The Labute approximate surface area is 139 Å². The van der Waals surface area contributed by atoms with E-state index in [4.69, 9.17) is 25.4 Å². The van der Waals surface area contributed by atoms with Gasteiger partial charge in [-0.15, -0.1) is 0 Å². The van der Waals surface area contributed by atoms with E-state index in [-0.39, 0.29) is 12.1 Å². The maximum absolute atomic E-state index is 5.63. The number of unbranched alkanes of at least 4 members (excludes halogenated alkanes) is 1. The van der Waals surface area contributed by atoms with Crippen molar-refractivity contribution in [3.8, 4) is 0 Å². The molecule has 0 aliphatic carbocycles. The average Bonchev–Trinajstić information content (AvgIpc) is 2.40. The second-order valence-corrected chi connectivity index (χ2v) is 11.4. The van der Waals surface area contributed by atoms with Crippen molar-refractivity contribution in [2.75, 3.05) is 33.5 Å². The summed E-state index contributed by atoms with van der Waals surface area (Å²) in [5.41, 5.74) is 11.2. The molecule has 0 bridgehead atoms. The van der Waals surface area contributed by atoms with E-state index in [9.17, 15) is 0 Å². The molecule has 0 spiro atoms. The zero-order valence-corrected chi connectivity index (χ0v) is 16.7. The van der Waals surface area contributed by atoms with Crippen LogP contribution in [0.2, 0.25) is 19.6 Å². The van der Waals surface area contributed by atoms with Crippen LogP contribution in [0, 0.1) is 0 Å². The molecule has 0 aliphatic heterocycles. The highest BCUT2D eigenvalue weighted by atomic mass is 28.4. The Kier molecular flexibility index (Phi) is 17.5. The highest BCUT2D eigenvalue weighted by molar-refractivity contribution is 6.69. The van der Waals surface area contributed by atoms with Crippen LogP contribution in [-0.4, -0.2) is 53.9 Å². The van der Waals surface area contributed by atoms with Crippen LogP contribution in [-0.2, 0) is 13.9 Å². The van der Waals surface area contributed by atoms with Crippen molar-refractivity contribution in [1.29, 1.82) is 0 Å². The summed E-state index contributed by atoms with van der Waals surface area (Å²) < 4.78 is 15.9. The van der Waals surface area contributed by atoms with Gasteiger partial charge >= 0.3 is 0 Å². The summed E-state index contributed by atoms with van der Waals surface area (Å²) in [5, 5.41) is 0. The molecule has 22 heavy (non-hydrogen) atoms. The first-order chi connectivity index (χ1) is 10.2. The van der Waals surface area contributed by atoms with Gasteiger partial charge < -0.3 is 25.4 Å². The molecule has 2 atom stereocenters. The molecular formula is C16H40N2O3Si. The van der Waals surface area contributed by atoms with Crippen molar-refractivity contribution in [1.82, 2.24) is 0 Å². The van der Waals surface area contributed by atoms with Crippen LogP contribution in [0.25, 0.3) is 0 Å². The highest BCUT2D eigenvalue weighted by Gasteiger charge is 2.09. The van der Waals surface area contributed by atoms with Crippen molar-refractivity contribution < 1.29 is 13.9 Å². The predicted octanol–water partition coefficient (Wildman–Crippen LogP) is 2.74. The van der Waals surface area contributed by atoms with Gasteiger partial charge in [-0.25, -0.2) is 0 Å². The van der Waals surface area contributed by atoms with Gasteiger partial charge in [0.15, 0.2) is 8.32 Å². The molecule has 136 valence electrons. The third-order valence-corrected chi connectivity index (χ3v) is 3.99. The quantitative estimate of drug-likeness (QED) is 0.423. The third kappa shape index (κ3) is 28.2. The van der Waals surface area contributed by atoms with E-state index >= 15 is 0 Å². The van der Waals surface area contributed by atoms with Gasteiger partial charge in [-0.05, 0) is 59.2 Å². The molecule has 0 saturated carbocycles. The number of rotatable bonds is 12. The van der Waals surface area contributed by atoms with Crippen LogP contribution in [0.3, 0.4) is 0 Å². The maximum atomic E-state index is 5.63. The van der Waals surface area contributed by atoms with Crippen LogP contribution in [0.5, 0.6) is 0 Å². The molecule has 0 amide bonds. The lowest BCUT2D eigenvalue weighted by molar-refractivity contribution is 0.0965. The fraction of sp³-hybridized carbons (Fsp3) is 1.00. The van der Waals surface area contributed by atoms with Crippen molar-refractivity contribution in [2.45, 2.75) is 71.3 Å². The van der Waals surface area contributed by atoms with Crippen LogP contribution in [0.4, 0.5) is 0 Å². The van der Waals surface area contributed by atoms with E-state index in [1.54, 1.807) is 7.11 Å². The Balaban J connectivity index is 0. The molecule has 2 unspecified atom stereocenters. The Morgan fingerprint density at radius 2 is 1.27 bits per heavy atom. The fourth-order valence-corrected chi connectivity index (χ4v) is 1.29. The lowest BCUT2D eigenvalue weighted by atomic mass is 10.2. The van der Waals surface area contributed by atoms with E-state index in [2.05, 4.69) is 19.6 Å². The lowest BCUT2D eigenvalue weighted by Crippen LogP contribution is -2.22. The molecule has 0 aliphatic rings. The van der Waals surface area contributed by atoms with Crippen molar-refractivity contribution in [3.63, 3.8) is 0 Å². The largest absolute Gasteiger partial charge is 0.421 e. The van der Waals surface area contributed by atoms with Gasteiger partial charge in [0.1, 0.15) is 0 Å². The fourth-order valence-electron chi connectivity index (χ4n) is 1.29. The molecule has 0 aromatic heterocycles. The van der Waals surface area contributed by atoms with Gasteiger partial charge in [0.05, 0.1) is 6.61 Å². The highest BCUT2D eigenvalue weighted by Crippen LogP contribution is 1.97. The van der Waals surface area contributed by atoms with Crippen LogP contribution in [0.15, 0.2) is 0 Å². The molecule has 4 N–H and O–H groups in total. The molecule has 0 rings (SSSR count). The number of nitrogens with two attached hydrogens (primary N) is 2. The van der Waals surface area contributed by atoms with E-state index in [0.717, 1.165) is 45.5 Å². The minimum absolute atomic E-state index is 0.134. The van der Waals surface area contributed by atoms with Crippen LogP contribution in [0.1, 0.15) is 39.5 Å². The average molecular weight is 337 g/mol. The smallest absolute Gasteiger partial charge is 0.183 e. The van der Waals surface area contributed by atoms with Gasteiger partial charge in [0.25, 0.3) is 0 Å². The Bertz CT molecular complexity index is 206. The Hall–Kier alpha value is 0.0169. The Morgan fingerprint density at radius 3 is 1.68 bits per heavy atom. The molecule has 0 saturated heterocycles. The SMILES string of the molecule is CC(N)CCCOCCCCOCC(C)N.CO[Si](C)(C)C. The van der Waals surface area contributed by atoms with E-state index < -0.39 is 8.32 Å². The van der Waals surface area contributed by atoms with Gasteiger partial charge in [-0.2, -0.15) is 0 Å². The van der Waals surface area contributed by atoms with Crippen molar-refractivity contribution >= 4 is 8.32 Å². The second kappa shape index (κ2) is 15.9. The number of hydrogen-bond acceptors (Lipinski definition) is 5. The van der Waals surface area contributed by atoms with Crippen LogP contribution >= 0.6 is 0 Å². The molecule has 0 aromatic carbocycles. The number of ether oxygens (including phenoxy) is 2. The molecule has 6 heteroatoms. The zero-order valence-electron chi connectivity index (χ0n) is 15.7. The summed E-state index contributed by atoms with van der Waals surface area (Å²) in [4.78, 5) is 0. The summed E-state index contributed by atoms with van der Waals surface area (Å²) in [6.45, 7) is 13.5. The summed E-state index contributed by atoms with van der Waals surface area (Å²) >= 11 is 0. The van der Waals surface area contributed by atoms with Crippen molar-refractivity contribution in [3.05, 3.63) is 0 Å². The van der Waals surface area contributed by atoms with Gasteiger partial charge in [-0.1, -0.05) is 0 Å². The third-order valence-electron chi connectivity index (χ3n) is 2.77. The Morgan fingerprint density at radius 1 is 0.818 bits per heavy atom. The second-order valence-electron chi connectivity index (χ2n) is 6.81.